The van der Waals surface area contributed by atoms with Crippen molar-refractivity contribution in [1.29, 1.82) is 0 Å². The molecule has 0 aliphatic carbocycles. The van der Waals surface area contributed by atoms with Crippen molar-refractivity contribution >= 4 is 46.1 Å². The molecular weight excluding hydrogens is 412 g/mol. The molecule has 3 aromatic rings. The van der Waals surface area contributed by atoms with Crippen LogP contribution in [-0.4, -0.2) is 27.1 Å². The molecule has 1 heterocycles. The minimum absolute atomic E-state index is 0.0230. The Morgan fingerprint density at radius 3 is 2.55 bits per heavy atom. The van der Waals surface area contributed by atoms with Crippen molar-refractivity contribution in [3.63, 3.8) is 0 Å². The highest BCUT2D eigenvalue weighted by atomic mass is 35.5. The summed E-state index contributed by atoms with van der Waals surface area (Å²) in [5.74, 6) is -0.678. The Kier molecular flexibility index (Phi) is 6.90. The molecule has 150 valence electrons. The lowest BCUT2D eigenvalue weighted by molar-refractivity contribution is -0.127. The lowest BCUT2D eigenvalue weighted by Gasteiger charge is -2.13. The summed E-state index contributed by atoms with van der Waals surface area (Å²) in [5.41, 5.74) is 5.57. The molecule has 0 bridgehead atoms. The minimum Gasteiger partial charge on any atom is -0.273 e. The largest absolute Gasteiger partial charge is 0.273 e. The van der Waals surface area contributed by atoms with E-state index in [2.05, 4.69) is 15.8 Å². The van der Waals surface area contributed by atoms with E-state index in [1.165, 1.54) is 4.57 Å². The second-order valence-corrected chi connectivity index (χ2v) is 7.55. The van der Waals surface area contributed by atoms with Crippen LogP contribution in [0.15, 0.2) is 58.5 Å². The number of carbonyl (C=O) groups is 2. The zero-order chi connectivity index (χ0) is 20.8. The van der Waals surface area contributed by atoms with E-state index in [4.69, 9.17) is 11.6 Å². The second-order valence-electron chi connectivity index (χ2n) is 6.17. The number of para-hydroxylation sites is 1. The van der Waals surface area contributed by atoms with Crippen LogP contribution in [0.2, 0.25) is 5.02 Å². The molecule has 2 aromatic carbocycles. The molecule has 0 unspecified atom stereocenters. The SMILES string of the molecule is CCCC(=O)NNC(=O)CSc1nc2ccc(Cl)cc2c(=O)n1-c1ccccc1. The van der Waals surface area contributed by atoms with Gasteiger partial charge in [-0.25, -0.2) is 4.98 Å². The summed E-state index contributed by atoms with van der Waals surface area (Å²) in [6.07, 6.45) is 1.01. The van der Waals surface area contributed by atoms with Gasteiger partial charge < -0.3 is 0 Å². The normalized spacial score (nSPS) is 10.7. The van der Waals surface area contributed by atoms with E-state index in [1.807, 2.05) is 25.1 Å². The van der Waals surface area contributed by atoms with Crippen LogP contribution in [0.4, 0.5) is 0 Å². The predicted molar refractivity (Wildman–Crippen MR) is 114 cm³/mol. The lowest BCUT2D eigenvalue weighted by atomic mass is 10.2. The topological polar surface area (TPSA) is 93.1 Å². The number of aromatic nitrogens is 2. The fraction of sp³-hybridized carbons (Fsp3) is 0.200. The van der Waals surface area contributed by atoms with Gasteiger partial charge >= 0.3 is 0 Å². The number of hydrogen-bond donors (Lipinski definition) is 2. The van der Waals surface area contributed by atoms with Gasteiger partial charge in [0.1, 0.15) is 0 Å². The van der Waals surface area contributed by atoms with Crippen LogP contribution >= 0.6 is 23.4 Å². The van der Waals surface area contributed by atoms with Crippen molar-refractivity contribution < 1.29 is 9.59 Å². The van der Waals surface area contributed by atoms with Crippen molar-refractivity contribution in [3.8, 4) is 5.69 Å². The third kappa shape index (κ3) is 5.16. The fourth-order valence-electron chi connectivity index (χ4n) is 2.63. The summed E-state index contributed by atoms with van der Waals surface area (Å²) in [6, 6.07) is 14.0. The van der Waals surface area contributed by atoms with Crippen LogP contribution in [0.1, 0.15) is 19.8 Å². The fourth-order valence-corrected chi connectivity index (χ4v) is 3.62. The molecule has 7 nitrogen and oxygen atoms in total. The maximum absolute atomic E-state index is 13.1. The maximum Gasteiger partial charge on any atom is 0.266 e. The number of amides is 2. The van der Waals surface area contributed by atoms with Crippen molar-refractivity contribution in [1.82, 2.24) is 20.4 Å². The first-order valence-corrected chi connectivity index (χ1v) is 10.3. The molecule has 0 saturated carbocycles. The highest BCUT2D eigenvalue weighted by Gasteiger charge is 2.15. The van der Waals surface area contributed by atoms with E-state index < -0.39 is 5.91 Å². The number of rotatable bonds is 6. The van der Waals surface area contributed by atoms with Crippen LogP contribution in [0.3, 0.4) is 0 Å². The first-order valence-electron chi connectivity index (χ1n) is 8.98. The molecule has 0 aliphatic heterocycles. The van der Waals surface area contributed by atoms with Gasteiger partial charge in [-0.2, -0.15) is 0 Å². The minimum atomic E-state index is -0.399. The summed E-state index contributed by atoms with van der Waals surface area (Å²) in [4.78, 5) is 41.2. The van der Waals surface area contributed by atoms with Gasteiger partial charge in [0.05, 0.1) is 22.3 Å². The third-order valence-electron chi connectivity index (χ3n) is 3.96. The van der Waals surface area contributed by atoms with Gasteiger partial charge in [-0.1, -0.05) is 48.5 Å². The van der Waals surface area contributed by atoms with E-state index in [0.29, 0.717) is 39.6 Å². The van der Waals surface area contributed by atoms with Gasteiger partial charge in [-0.05, 0) is 36.8 Å². The number of benzene rings is 2. The van der Waals surface area contributed by atoms with Crippen molar-refractivity contribution in [2.45, 2.75) is 24.9 Å². The van der Waals surface area contributed by atoms with Gasteiger partial charge in [0.25, 0.3) is 5.56 Å². The highest BCUT2D eigenvalue weighted by Crippen LogP contribution is 2.22. The summed E-state index contributed by atoms with van der Waals surface area (Å²) in [6.45, 7) is 1.87. The average molecular weight is 431 g/mol. The molecular formula is C20H19ClN4O3S. The Morgan fingerprint density at radius 2 is 1.83 bits per heavy atom. The molecule has 0 radical (unpaired) electrons. The number of thioether (sulfide) groups is 1. The second kappa shape index (κ2) is 9.58. The quantitative estimate of drug-likeness (QED) is 0.356. The summed E-state index contributed by atoms with van der Waals surface area (Å²) >= 11 is 7.15. The van der Waals surface area contributed by atoms with Gasteiger partial charge in [0.2, 0.25) is 11.8 Å². The molecule has 2 N–H and O–H groups in total. The summed E-state index contributed by atoms with van der Waals surface area (Å²) in [5, 5.41) is 1.20. The zero-order valence-electron chi connectivity index (χ0n) is 15.6. The van der Waals surface area contributed by atoms with Crippen molar-refractivity contribution in [3.05, 3.63) is 63.9 Å². The molecule has 0 fully saturated rings. The van der Waals surface area contributed by atoms with Crippen LogP contribution < -0.4 is 16.4 Å². The number of nitrogens with zero attached hydrogens (tertiary/aromatic N) is 2. The predicted octanol–water partition coefficient (Wildman–Crippen LogP) is 3.08. The molecule has 1 aromatic heterocycles. The molecule has 0 spiro atoms. The van der Waals surface area contributed by atoms with E-state index in [1.54, 1.807) is 30.3 Å². The Labute approximate surface area is 176 Å². The van der Waals surface area contributed by atoms with Crippen LogP contribution in [0, 0.1) is 0 Å². The molecule has 0 atom stereocenters. The Morgan fingerprint density at radius 1 is 1.10 bits per heavy atom. The number of carbonyl (C=O) groups excluding carboxylic acids is 2. The van der Waals surface area contributed by atoms with E-state index >= 15 is 0 Å². The first kappa shape index (κ1) is 20.9. The summed E-state index contributed by atoms with van der Waals surface area (Å²) < 4.78 is 1.45. The maximum atomic E-state index is 13.1. The van der Waals surface area contributed by atoms with E-state index in [9.17, 15) is 14.4 Å². The van der Waals surface area contributed by atoms with Crippen LogP contribution in [0.5, 0.6) is 0 Å². The number of halogens is 1. The number of hydrazine groups is 1. The molecule has 0 aliphatic rings. The van der Waals surface area contributed by atoms with Crippen molar-refractivity contribution in [2.75, 3.05) is 5.75 Å². The molecule has 0 saturated heterocycles. The van der Waals surface area contributed by atoms with Crippen LogP contribution in [-0.2, 0) is 9.59 Å². The van der Waals surface area contributed by atoms with Gasteiger partial charge in [-0.3, -0.25) is 29.8 Å². The van der Waals surface area contributed by atoms with E-state index in [-0.39, 0.29) is 17.2 Å². The summed E-state index contributed by atoms with van der Waals surface area (Å²) in [7, 11) is 0. The molecule has 9 heteroatoms. The molecule has 2 amide bonds. The third-order valence-corrected chi connectivity index (χ3v) is 5.14. The van der Waals surface area contributed by atoms with E-state index in [0.717, 1.165) is 11.8 Å². The standard InChI is InChI=1S/C20H19ClN4O3S/c1-2-6-17(26)23-24-18(27)12-29-20-22-16-10-9-13(21)11-15(16)19(28)25(20)14-7-4-3-5-8-14/h3-5,7-11H,2,6,12H2,1H3,(H,23,26)(H,24,27). The van der Waals surface area contributed by atoms with Gasteiger partial charge in [-0.15, -0.1) is 0 Å². The zero-order valence-corrected chi connectivity index (χ0v) is 17.2. The van der Waals surface area contributed by atoms with Crippen LogP contribution in [0.25, 0.3) is 16.6 Å². The Hall–Kier alpha value is -2.84. The number of fused-ring (bicyclic) bond motifs is 1. The lowest BCUT2D eigenvalue weighted by Crippen LogP contribution is -2.42. The smallest absolute Gasteiger partial charge is 0.266 e. The molecule has 3 rings (SSSR count). The first-order chi connectivity index (χ1) is 14.0. The Bertz CT molecular complexity index is 1100. The van der Waals surface area contributed by atoms with Crippen molar-refractivity contribution in [2.24, 2.45) is 0 Å². The van der Waals surface area contributed by atoms with Gasteiger partial charge in [0, 0.05) is 11.4 Å². The highest BCUT2D eigenvalue weighted by molar-refractivity contribution is 7.99. The number of nitrogens with one attached hydrogen (secondary N) is 2. The average Bonchev–Trinajstić information content (AvgIpc) is 2.72. The molecule has 29 heavy (non-hydrogen) atoms. The Balaban J connectivity index is 1.90. The number of hydrogen-bond acceptors (Lipinski definition) is 5. The monoisotopic (exact) mass is 430 g/mol. The van der Waals surface area contributed by atoms with Gasteiger partial charge in [0.15, 0.2) is 5.16 Å².